The molecule has 1 aliphatic rings. The molecule has 1 saturated heterocycles. The van der Waals surface area contributed by atoms with Crippen LogP contribution in [0.2, 0.25) is 0 Å². The zero-order valence-electron chi connectivity index (χ0n) is 12.7. The first-order valence-electron chi connectivity index (χ1n) is 6.90. The Bertz CT molecular complexity index is 378. The summed E-state index contributed by atoms with van der Waals surface area (Å²) >= 11 is 0. The molecule has 1 heterocycles. The Hall–Kier alpha value is -1.74. The average molecular weight is 279 g/mol. The molecule has 0 aliphatic carbocycles. The van der Waals surface area contributed by atoms with Crippen molar-refractivity contribution in [2.75, 3.05) is 60.4 Å². The number of piperazine rings is 1. The highest BCUT2D eigenvalue weighted by atomic mass is 16.2. The zero-order chi connectivity index (χ0) is 15.0. The van der Waals surface area contributed by atoms with Gasteiger partial charge in [-0.05, 0) is 0 Å². The van der Waals surface area contributed by atoms with Crippen molar-refractivity contribution in [2.24, 2.45) is 4.99 Å². The fourth-order valence-electron chi connectivity index (χ4n) is 2.12. The SMILES string of the molecule is C#CCNC(=NC)N1CCN(CCC(=O)N(C)C)CC1. The van der Waals surface area contributed by atoms with Crippen molar-refractivity contribution in [3.05, 3.63) is 0 Å². The van der Waals surface area contributed by atoms with Gasteiger partial charge in [-0.3, -0.25) is 14.7 Å². The third kappa shape index (κ3) is 5.10. The standard InChI is InChI=1S/C14H25N5O/c1-5-7-16-14(15-2)19-11-9-18(10-12-19)8-6-13(20)17(3)4/h1H,6-12H2,2-4H3,(H,15,16). The van der Waals surface area contributed by atoms with Crippen molar-refractivity contribution < 1.29 is 4.79 Å². The summed E-state index contributed by atoms with van der Waals surface area (Å²) in [7, 11) is 5.35. The lowest BCUT2D eigenvalue weighted by molar-refractivity contribution is -0.129. The summed E-state index contributed by atoms with van der Waals surface area (Å²) in [6.45, 7) is 5.00. The highest BCUT2D eigenvalue weighted by Gasteiger charge is 2.19. The van der Waals surface area contributed by atoms with Crippen molar-refractivity contribution in [3.63, 3.8) is 0 Å². The molecule has 0 saturated carbocycles. The number of hydrogen-bond acceptors (Lipinski definition) is 3. The van der Waals surface area contributed by atoms with Crippen LogP contribution in [0.5, 0.6) is 0 Å². The van der Waals surface area contributed by atoms with Crippen LogP contribution >= 0.6 is 0 Å². The number of amides is 1. The number of hydrogen-bond donors (Lipinski definition) is 1. The normalized spacial score (nSPS) is 16.7. The second kappa shape index (κ2) is 8.43. The van der Waals surface area contributed by atoms with E-state index in [0.29, 0.717) is 13.0 Å². The Balaban J connectivity index is 2.32. The van der Waals surface area contributed by atoms with Gasteiger partial charge in [0.2, 0.25) is 5.91 Å². The molecule has 0 aromatic heterocycles. The van der Waals surface area contributed by atoms with Gasteiger partial charge < -0.3 is 15.1 Å². The van der Waals surface area contributed by atoms with Crippen molar-refractivity contribution >= 4 is 11.9 Å². The van der Waals surface area contributed by atoms with E-state index >= 15 is 0 Å². The predicted molar refractivity (Wildman–Crippen MR) is 81.5 cm³/mol. The molecule has 112 valence electrons. The molecule has 1 rings (SSSR count). The zero-order valence-corrected chi connectivity index (χ0v) is 12.7. The molecule has 1 amide bonds. The maximum absolute atomic E-state index is 11.6. The van der Waals surface area contributed by atoms with Crippen molar-refractivity contribution in [1.29, 1.82) is 0 Å². The van der Waals surface area contributed by atoms with E-state index in [9.17, 15) is 4.79 Å². The maximum Gasteiger partial charge on any atom is 0.223 e. The molecule has 20 heavy (non-hydrogen) atoms. The van der Waals surface area contributed by atoms with E-state index in [1.165, 1.54) is 0 Å². The molecule has 1 fully saturated rings. The van der Waals surface area contributed by atoms with Crippen molar-refractivity contribution in [2.45, 2.75) is 6.42 Å². The first kappa shape index (κ1) is 16.3. The summed E-state index contributed by atoms with van der Waals surface area (Å²) in [6.07, 6.45) is 5.83. The van der Waals surface area contributed by atoms with E-state index in [-0.39, 0.29) is 5.91 Å². The minimum atomic E-state index is 0.180. The molecule has 0 bridgehead atoms. The topological polar surface area (TPSA) is 51.2 Å². The second-order valence-corrected chi connectivity index (χ2v) is 4.97. The van der Waals surface area contributed by atoms with Crippen LogP contribution in [0.4, 0.5) is 0 Å². The van der Waals surface area contributed by atoms with Gasteiger partial charge in [-0.25, -0.2) is 0 Å². The number of nitrogens with zero attached hydrogens (tertiary/aromatic N) is 4. The van der Waals surface area contributed by atoms with Gasteiger partial charge in [-0.1, -0.05) is 5.92 Å². The molecule has 0 unspecified atom stereocenters. The smallest absolute Gasteiger partial charge is 0.223 e. The summed E-state index contributed by atoms with van der Waals surface area (Å²) in [6, 6.07) is 0. The lowest BCUT2D eigenvalue weighted by atomic mass is 10.3. The Kier molecular flexibility index (Phi) is 6.88. The van der Waals surface area contributed by atoms with E-state index in [1.807, 2.05) is 0 Å². The molecular formula is C14H25N5O. The van der Waals surface area contributed by atoms with Gasteiger partial charge in [-0.15, -0.1) is 6.42 Å². The number of carbonyl (C=O) groups excluding carboxylic acids is 1. The molecule has 1 aliphatic heterocycles. The Morgan fingerprint density at radius 1 is 1.35 bits per heavy atom. The molecule has 0 radical (unpaired) electrons. The fourth-order valence-corrected chi connectivity index (χ4v) is 2.12. The van der Waals surface area contributed by atoms with Gasteiger partial charge in [0.25, 0.3) is 0 Å². The maximum atomic E-state index is 11.6. The monoisotopic (exact) mass is 279 g/mol. The minimum Gasteiger partial charge on any atom is -0.349 e. The van der Waals surface area contributed by atoms with Crippen LogP contribution in [0.25, 0.3) is 0 Å². The molecule has 0 aromatic rings. The molecule has 1 N–H and O–H groups in total. The number of rotatable bonds is 4. The Morgan fingerprint density at radius 2 is 2.00 bits per heavy atom. The summed E-state index contributed by atoms with van der Waals surface area (Å²) < 4.78 is 0. The second-order valence-electron chi connectivity index (χ2n) is 4.97. The number of guanidine groups is 1. The molecule has 0 spiro atoms. The third-order valence-corrected chi connectivity index (χ3v) is 3.37. The third-order valence-electron chi connectivity index (χ3n) is 3.37. The number of nitrogens with one attached hydrogen (secondary N) is 1. The number of terminal acetylenes is 1. The van der Waals surface area contributed by atoms with Crippen LogP contribution in [0.3, 0.4) is 0 Å². The van der Waals surface area contributed by atoms with Crippen molar-refractivity contribution in [1.82, 2.24) is 20.0 Å². The molecule has 0 atom stereocenters. The highest BCUT2D eigenvalue weighted by Crippen LogP contribution is 2.03. The molecule has 0 aromatic carbocycles. The first-order valence-corrected chi connectivity index (χ1v) is 6.90. The minimum absolute atomic E-state index is 0.180. The van der Waals surface area contributed by atoms with Gasteiger partial charge in [0.15, 0.2) is 5.96 Å². The summed E-state index contributed by atoms with van der Waals surface area (Å²) in [5.41, 5.74) is 0. The highest BCUT2D eigenvalue weighted by molar-refractivity contribution is 5.80. The quantitative estimate of drug-likeness (QED) is 0.420. The lowest BCUT2D eigenvalue weighted by Gasteiger charge is -2.36. The van der Waals surface area contributed by atoms with Gasteiger partial charge in [0, 0.05) is 60.3 Å². The van der Waals surface area contributed by atoms with Gasteiger partial charge >= 0.3 is 0 Å². The van der Waals surface area contributed by atoms with Crippen LogP contribution in [-0.4, -0.2) is 87.0 Å². The van der Waals surface area contributed by atoms with Crippen LogP contribution in [0, 0.1) is 12.3 Å². The number of carbonyl (C=O) groups is 1. The van der Waals surface area contributed by atoms with Gasteiger partial charge in [0.1, 0.15) is 0 Å². The molecule has 6 nitrogen and oxygen atoms in total. The van der Waals surface area contributed by atoms with E-state index < -0.39 is 0 Å². The molecule has 6 heteroatoms. The Labute approximate surface area is 121 Å². The first-order chi connectivity index (χ1) is 9.58. The van der Waals surface area contributed by atoms with Crippen LogP contribution < -0.4 is 5.32 Å². The van der Waals surface area contributed by atoms with Gasteiger partial charge in [0.05, 0.1) is 6.54 Å². The summed E-state index contributed by atoms with van der Waals surface area (Å²) in [5.74, 6) is 3.59. The largest absolute Gasteiger partial charge is 0.349 e. The van der Waals surface area contributed by atoms with Crippen LogP contribution in [0.15, 0.2) is 4.99 Å². The van der Waals surface area contributed by atoms with E-state index in [0.717, 1.165) is 38.7 Å². The summed E-state index contributed by atoms with van der Waals surface area (Å²) in [5, 5.41) is 3.13. The van der Waals surface area contributed by atoms with E-state index in [4.69, 9.17) is 6.42 Å². The van der Waals surface area contributed by atoms with Crippen LogP contribution in [0.1, 0.15) is 6.42 Å². The average Bonchev–Trinajstić information content (AvgIpc) is 2.46. The van der Waals surface area contributed by atoms with Crippen LogP contribution in [-0.2, 0) is 4.79 Å². The van der Waals surface area contributed by atoms with Gasteiger partial charge in [-0.2, -0.15) is 0 Å². The summed E-state index contributed by atoms with van der Waals surface area (Å²) in [4.78, 5) is 21.9. The predicted octanol–water partition coefficient (Wildman–Crippen LogP) is -0.709. The van der Waals surface area contributed by atoms with E-state index in [1.54, 1.807) is 26.0 Å². The fraction of sp³-hybridized carbons (Fsp3) is 0.714. The lowest BCUT2D eigenvalue weighted by Crippen LogP contribution is -2.52. The van der Waals surface area contributed by atoms with E-state index in [2.05, 4.69) is 26.0 Å². The Morgan fingerprint density at radius 3 is 2.50 bits per heavy atom. The van der Waals surface area contributed by atoms with Crippen molar-refractivity contribution in [3.8, 4) is 12.3 Å². The molecular weight excluding hydrogens is 254 g/mol. The number of aliphatic imine (C=N–C) groups is 1.